The molecule has 0 bridgehead atoms. The van der Waals surface area contributed by atoms with E-state index in [9.17, 15) is 8.42 Å². The van der Waals surface area contributed by atoms with Gasteiger partial charge < -0.3 is 15.1 Å². The second-order valence-electron chi connectivity index (χ2n) is 3.71. The first kappa shape index (κ1) is 21.6. The maximum Gasteiger partial charge on any atom is 1.00 e. The first-order chi connectivity index (χ1) is 8.33. The number of halogens is 1. The summed E-state index contributed by atoms with van der Waals surface area (Å²) in [6.45, 7) is 3.85. The Bertz CT molecular complexity index is 438. The van der Waals surface area contributed by atoms with Gasteiger partial charge in [-0.3, -0.25) is 11.8 Å². The first-order valence-electron chi connectivity index (χ1n) is 5.42. The zero-order valence-corrected chi connectivity index (χ0v) is 14.9. The van der Waals surface area contributed by atoms with E-state index in [0.29, 0.717) is 6.42 Å². The Morgan fingerprint density at radius 1 is 1.37 bits per heavy atom. The molecule has 0 saturated carbocycles. The number of aliphatic hydroxyl groups excluding tert-OH is 1. The second-order valence-corrected chi connectivity index (χ2v) is 5.69. The number of sulfonamides is 1. The monoisotopic (exact) mass is 316 g/mol. The molecule has 0 heterocycles. The fraction of sp³-hybridized carbons (Fsp3) is 0.455. The molecule has 1 unspecified atom stereocenters. The van der Waals surface area contributed by atoms with Crippen LogP contribution in [0.15, 0.2) is 29.2 Å². The summed E-state index contributed by atoms with van der Waals surface area (Å²) in [5.74, 6) is 0. The van der Waals surface area contributed by atoms with E-state index in [0.717, 1.165) is 12.0 Å². The molecule has 0 spiro atoms. The van der Waals surface area contributed by atoms with Crippen LogP contribution in [0.3, 0.4) is 0 Å². The summed E-state index contributed by atoms with van der Waals surface area (Å²) in [4.78, 5) is 0.114. The Kier molecular flexibility index (Phi) is 12.6. The zero-order valence-electron chi connectivity index (χ0n) is 11.4. The molecule has 8 heteroatoms. The molecule has 0 aliphatic heterocycles. The smallest absolute Gasteiger partial charge is 0.458 e. The van der Waals surface area contributed by atoms with Crippen LogP contribution >= 0.6 is 11.8 Å². The fourth-order valence-corrected chi connectivity index (χ4v) is 1.84. The van der Waals surface area contributed by atoms with E-state index in [4.69, 9.17) is 22.6 Å². The summed E-state index contributed by atoms with van der Waals surface area (Å²) in [6.07, 6.45) is 1.06. The average molecular weight is 317 g/mol. The van der Waals surface area contributed by atoms with Crippen LogP contribution in [0.1, 0.15) is 25.3 Å². The van der Waals surface area contributed by atoms with Crippen molar-refractivity contribution in [3.8, 4) is 0 Å². The number of hydrogen-bond donors (Lipinski definition) is 2. The molecule has 0 aliphatic carbocycles. The van der Waals surface area contributed by atoms with Gasteiger partial charge in [0, 0.05) is 4.90 Å². The van der Waals surface area contributed by atoms with E-state index in [1.807, 2.05) is 13.8 Å². The van der Waals surface area contributed by atoms with E-state index in [-0.39, 0.29) is 34.5 Å². The molecule has 104 valence electrons. The van der Waals surface area contributed by atoms with Gasteiger partial charge in [-0.2, -0.15) is 0 Å². The minimum atomic E-state index is -3.62. The topological polar surface area (TPSA) is 94.5 Å². The van der Waals surface area contributed by atoms with Crippen molar-refractivity contribution in [3.63, 3.8) is 0 Å². The van der Waals surface area contributed by atoms with Crippen molar-refractivity contribution in [2.75, 3.05) is 0 Å². The molecule has 0 amide bonds. The van der Waals surface area contributed by atoms with E-state index in [2.05, 4.69) is 4.24 Å². The van der Waals surface area contributed by atoms with Crippen LogP contribution in [-0.4, -0.2) is 19.8 Å². The molecule has 0 saturated heterocycles. The van der Waals surface area contributed by atoms with E-state index in [1.54, 1.807) is 12.1 Å². The minimum Gasteiger partial charge on any atom is -0.458 e. The van der Waals surface area contributed by atoms with Gasteiger partial charge >= 0.3 is 29.6 Å². The number of aliphatic hydroxyl groups is 1. The standard InChI is InChI=1S/C7H7ClNO2S.C4H11NO.Na/c1-6-2-4-7(5-3-6)12(10,11)9-8;1-2-3-4(5)6;/h2-5H,1H3;4,6H,2-3,5H2,1H3;/q-1;;+1. The third-order valence-corrected chi connectivity index (χ3v) is 3.59. The molecule has 0 aliphatic rings. The summed E-state index contributed by atoms with van der Waals surface area (Å²) < 4.78 is 24.8. The summed E-state index contributed by atoms with van der Waals surface area (Å²) >= 11 is 4.90. The van der Waals surface area contributed by atoms with E-state index in [1.165, 1.54) is 12.1 Å². The Hall–Kier alpha value is 0.340. The van der Waals surface area contributed by atoms with Crippen LogP contribution in [0.4, 0.5) is 0 Å². The van der Waals surface area contributed by atoms with Crippen LogP contribution in [0.5, 0.6) is 0 Å². The molecule has 5 nitrogen and oxygen atoms in total. The normalized spacial score (nSPS) is 11.8. The maximum absolute atomic E-state index is 11.0. The van der Waals surface area contributed by atoms with Gasteiger partial charge in [-0.25, -0.2) is 8.42 Å². The van der Waals surface area contributed by atoms with Crippen molar-refractivity contribution in [2.24, 2.45) is 5.73 Å². The average Bonchev–Trinajstić information content (AvgIpc) is 2.30. The van der Waals surface area contributed by atoms with Gasteiger partial charge in [-0.05, 0) is 25.5 Å². The number of nitrogens with two attached hydrogens (primary N) is 1. The Labute approximate surface area is 142 Å². The zero-order chi connectivity index (χ0) is 14.2. The fourth-order valence-electron chi connectivity index (χ4n) is 1.05. The summed E-state index contributed by atoms with van der Waals surface area (Å²) in [5.41, 5.74) is 5.95. The number of hydrogen-bond acceptors (Lipinski definition) is 4. The third kappa shape index (κ3) is 9.81. The number of rotatable bonds is 4. The molecular formula is C11H18ClN2NaO3S. The van der Waals surface area contributed by atoms with Gasteiger partial charge in [0.15, 0.2) is 0 Å². The van der Waals surface area contributed by atoms with Gasteiger partial charge in [0.2, 0.25) is 0 Å². The van der Waals surface area contributed by atoms with Crippen molar-refractivity contribution >= 4 is 21.8 Å². The van der Waals surface area contributed by atoms with Crippen LogP contribution in [0.2, 0.25) is 0 Å². The molecule has 0 radical (unpaired) electrons. The van der Waals surface area contributed by atoms with Gasteiger partial charge in [0.25, 0.3) is 0 Å². The third-order valence-electron chi connectivity index (χ3n) is 1.99. The maximum atomic E-state index is 11.0. The summed E-state index contributed by atoms with van der Waals surface area (Å²) in [6, 6.07) is 6.32. The SMILES string of the molecule is CCCC(N)O.Cc1ccc(S(=O)(=O)[N-]Cl)cc1.[Na+]. The Morgan fingerprint density at radius 3 is 2.11 bits per heavy atom. The largest absolute Gasteiger partial charge is 1.00 e. The first-order valence-corrected chi connectivity index (χ1v) is 7.20. The molecule has 0 aromatic heterocycles. The minimum absolute atomic E-state index is 0. The van der Waals surface area contributed by atoms with Crippen molar-refractivity contribution in [1.82, 2.24) is 0 Å². The molecular weight excluding hydrogens is 299 g/mol. The summed E-state index contributed by atoms with van der Waals surface area (Å²) in [7, 11) is -3.62. The molecule has 1 rings (SSSR count). The van der Waals surface area contributed by atoms with Gasteiger partial charge in [-0.1, -0.05) is 31.0 Å². The van der Waals surface area contributed by atoms with Gasteiger partial charge in [-0.15, -0.1) is 0 Å². The van der Waals surface area contributed by atoms with Crippen molar-refractivity contribution in [1.29, 1.82) is 0 Å². The van der Waals surface area contributed by atoms with Crippen LogP contribution in [-0.2, 0) is 10.0 Å². The van der Waals surface area contributed by atoms with E-state index < -0.39 is 16.3 Å². The summed E-state index contributed by atoms with van der Waals surface area (Å²) in [5, 5.41) is 8.33. The van der Waals surface area contributed by atoms with Crippen molar-refractivity contribution < 1.29 is 43.1 Å². The van der Waals surface area contributed by atoms with Crippen LogP contribution in [0.25, 0.3) is 4.24 Å². The van der Waals surface area contributed by atoms with Crippen LogP contribution < -0.4 is 35.3 Å². The quantitative estimate of drug-likeness (QED) is 0.566. The Morgan fingerprint density at radius 2 is 1.84 bits per heavy atom. The second kappa shape index (κ2) is 11.0. The number of benzene rings is 1. The van der Waals surface area contributed by atoms with Crippen LogP contribution in [0, 0.1) is 6.92 Å². The van der Waals surface area contributed by atoms with E-state index >= 15 is 0 Å². The molecule has 1 aromatic rings. The predicted octanol–water partition coefficient (Wildman–Crippen LogP) is -0.721. The molecule has 0 fully saturated rings. The number of aryl methyl sites for hydroxylation is 1. The molecule has 1 aromatic carbocycles. The molecule has 19 heavy (non-hydrogen) atoms. The van der Waals surface area contributed by atoms with Crippen molar-refractivity contribution in [2.45, 2.75) is 37.8 Å². The number of nitrogens with zero attached hydrogens (tertiary/aromatic N) is 1. The molecule has 1 atom stereocenters. The van der Waals surface area contributed by atoms with Crippen molar-refractivity contribution in [3.05, 3.63) is 34.1 Å². The van der Waals surface area contributed by atoms with Gasteiger partial charge in [0.1, 0.15) is 16.3 Å². The Balaban J connectivity index is 0. The van der Waals surface area contributed by atoms with Gasteiger partial charge in [0.05, 0.1) is 0 Å². The predicted molar refractivity (Wildman–Crippen MR) is 72.7 cm³/mol. The molecule has 3 N–H and O–H groups in total.